The van der Waals surface area contributed by atoms with Gasteiger partial charge in [0.25, 0.3) is 0 Å². The van der Waals surface area contributed by atoms with E-state index in [9.17, 15) is 19.5 Å². The Balaban J connectivity index is 2.16. The Morgan fingerprint density at radius 3 is 2.61 bits per heavy atom. The predicted octanol–water partition coefficient (Wildman–Crippen LogP) is -0.518. The molecule has 2 amide bonds. The Labute approximate surface area is 133 Å². The maximum absolute atomic E-state index is 12.7. The topological polar surface area (TPSA) is 110 Å². The minimum Gasteiger partial charge on any atom is -0.548 e. The molecule has 0 spiro atoms. The molecule has 0 radical (unpaired) electrons. The van der Waals surface area contributed by atoms with Crippen LogP contribution in [0.4, 0.5) is 0 Å². The van der Waals surface area contributed by atoms with Crippen LogP contribution in [0.25, 0.3) is 0 Å². The largest absolute Gasteiger partial charge is 0.548 e. The van der Waals surface area contributed by atoms with Crippen LogP contribution in [0.5, 0.6) is 0 Å². The van der Waals surface area contributed by atoms with Crippen LogP contribution in [-0.4, -0.2) is 40.5 Å². The number of nitrogens with one attached hydrogen (secondary N) is 1. The van der Waals surface area contributed by atoms with Gasteiger partial charge in [0.15, 0.2) is 0 Å². The Morgan fingerprint density at radius 1 is 1.30 bits per heavy atom. The maximum atomic E-state index is 12.7. The lowest BCUT2D eigenvalue weighted by Gasteiger charge is -2.29. The standard InChI is InChI=1S/C16H20N2O5/c19-14(17-23)10-12(9-11-5-2-1-3-6-11)15(20)18-8-4-7-13(18)16(21)22/h1-3,5-6,12-13,23H,4,7-10H2,(H,17,19)(H,21,22)/p-1. The SMILES string of the molecule is O=C(CC(Cc1ccccc1)C(=O)N1CCCC1C(=O)[O-])NO. The number of rotatable bonds is 6. The first kappa shape index (κ1) is 17.0. The molecule has 2 rings (SSSR count). The minimum absolute atomic E-state index is 0.208. The van der Waals surface area contributed by atoms with Gasteiger partial charge in [0, 0.05) is 13.0 Å². The molecule has 2 atom stereocenters. The fourth-order valence-corrected chi connectivity index (χ4v) is 2.92. The summed E-state index contributed by atoms with van der Waals surface area (Å²) in [6.45, 7) is 0.337. The van der Waals surface area contributed by atoms with E-state index < -0.39 is 29.7 Å². The van der Waals surface area contributed by atoms with Gasteiger partial charge in [-0.3, -0.25) is 14.8 Å². The monoisotopic (exact) mass is 319 g/mol. The van der Waals surface area contributed by atoms with Crippen LogP contribution >= 0.6 is 0 Å². The van der Waals surface area contributed by atoms with Gasteiger partial charge in [-0.25, -0.2) is 5.48 Å². The summed E-state index contributed by atoms with van der Waals surface area (Å²) in [6.07, 6.45) is 1.04. The fourth-order valence-electron chi connectivity index (χ4n) is 2.92. The van der Waals surface area contributed by atoms with Crippen LogP contribution in [0.3, 0.4) is 0 Å². The van der Waals surface area contributed by atoms with Gasteiger partial charge in [-0.05, 0) is 24.8 Å². The quantitative estimate of drug-likeness (QED) is 0.542. The van der Waals surface area contributed by atoms with E-state index in [1.165, 1.54) is 10.4 Å². The highest BCUT2D eigenvalue weighted by Crippen LogP contribution is 2.23. The molecule has 0 saturated carbocycles. The van der Waals surface area contributed by atoms with E-state index in [0.717, 1.165) is 5.56 Å². The molecule has 0 bridgehead atoms. The highest BCUT2D eigenvalue weighted by molar-refractivity contribution is 5.88. The van der Waals surface area contributed by atoms with Crippen molar-refractivity contribution in [3.8, 4) is 0 Å². The summed E-state index contributed by atoms with van der Waals surface area (Å²) in [4.78, 5) is 36.6. The highest BCUT2D eigenvalue weighted by Gasteiger charge is 2.34. The van der Waals surface area contributed by atoms with Gasteiger partial charge in [0.05, 0.1) is 17.9 Å². The zero-order valence-corrected chi connectivity index (χ0v) is 12.6. The van der Waals surface area contributed by atoms with Crippen LogP contribution in [-0.2, 0) is 20.8 Å². The molecule has 1 aliphatic rings. The average molecular weight is 319 g/mol. The number of carbonyl (C=O) groups excluding carboxylic acids is 3. The second-order valence-corrected chi connectivity index (χ2v) is 5.63. The van der Waals surface area contributed by atoms with Crippen LogP contribution in [0.15, 0.2) is 30.3 Å². The number of benzene rings is 1. The van der Waals surface area contributed by atoms with Crippen LogP contribution in [0, 0.1) is 5.92 Å². The third-order valence-corrected chi connectivity index (χ3v) is 4.04. The summed E-state index contributed by atoms with van der Waals surface area (Å²) >= 11 is 0. The molecule has 1 fully saturated rings. The second kappa shape index (κ2) is 7.73. The first-order valence-corrected chi connectivity index (χ1v) is 7.51. The van der Waals surface area contributed by atoms with Gasteiger partial charge in [-0.15, -0.1) is 0 Å². The zero-order valence-electron chi connectivity index (χ0n) is 12.6. The van der Waals surface area contributed by atoms with Crippen LogP contribution in [0.1, 0.15) is 24.8 Å². The molecule has 23 heavy (non-hydrogen) atoms. The van der Waals surface area contributed by atoms with Crippen molar-refractivity contribution >= 4 is 17.8 Å². The normalized spacial score (nSPS) is 18.5. The lowest BCUT2D eigenvalue weighted by molar-refractivity contribution is -0.310. The van der Waals surface area contributed by atoms with E-state index in [0.29, 0.717) is 25.8 Å². The number of nitrogens with zero attached hydrogens (tertiary/aromatic N) is 1. The van der Waals surface area contributed by atoms with Gasteiger partial charge < -0.3 is 14.8 Å². The first-order valence-electron chi connectivity index (χ1n) is 7.51. The van der Waals surface area contributed by atoms with Gasteiger partial charge >= 0.3 is 0 Å². The van der Waals surface area contributed by atoms with E-state index in [4.69, 9.17) is 5.21 Å². The summed E-state index contributed by atoms with van der Waals surface area (Å²) < 4.78 is 0. The lowest BCUT2D eigenvalue weighted by atomic mass is 9.94. The van der Waals surface area contributed by atoms with Gasteiger partial charge in [0.2, 0.25) is 11.8 Å². The Hall–Kier alpha value is -2.41. The number of hydroxylamine groups is 1. The van der Waals surface area contributed by atoms with Crippen LogP contribution in [0.2, 0.25) is 0 Å². The molecule has 7 heteroatoms. The molecule has 1 aromatic rings. The summed E-state index contributed by atoms with van der Waals surface area (Å²) in [7, 11) is 0. The fraction of sp³-hybridized carbons (Fsp3) is 0.438. The van der Waals surface area contributed by atoms with E-state index in [2.05, 4.69) is 0 Å². The molecule has 1 saturated heterocycles. The number of hydrogen-bond acceptors (Lipinski definition) is 5. The second-order valence-electron chi connectivity index (χ2n) is 5.63. The molecular formula is C16H19N2O5-. The summed E-state index contributed by atoms with van der Waals surface area (Å²) in [6, 6.07) is 8.20. The van der Waals surface area contributed by atoms with Crippen molar-refractivity contribution in [2.24, 2.45) is 5.92 Å². The molecule has 0 aromatic heterocycles. The number of amides is 2. The number of carboxylic acids is 1. The molecule has 1 aliphatic heterocycles. The molecule has 2 N–H and O–H groups in total. The number of aliphatic carboxylic acids is 1. The highest BCUT2D eigenvalue weighted by atomic mass is 16.5. The van der Waals surface area contributed by atoms with Crippen molar-refractivity contribution < 1.29 is 24.7 Å². The Bertz CT molecular complexity index is 575. The molecule has 7 nitrogen and oxygen atoms in total. The van der Waals surface area contributed by atoms with E-state index in [1.54, 1.807) is 0 Å². The molecule has 124 valence electrons. The van der Waals surface area contributed by atoms with Crippen molar-refractivity contribution in [2.45, 2.75) is 31.7 Å². The van der Waals surface area contributed by atoms with Gasteiger partial charge in [-0.1, -0.05) is 30.3 Å². The van der Waals surface area contributed by atoms with E-state index in [1.807, 2.05) is 30.3 Å². The van der Waals surface area contributed by atoms with Gasteiger partial charge in [0.1, 0.15) is 0 Å². The van der Waals surface area contributed by atoms with E-state index >= 15 is 0 Å². The van der Waals surface area contributed by atoms with Crippen molar-refractivity contribution in [3.05, 3.63) is 35.9 Å². The smallest absolute Gasteiger partial charge is 0.244 e. The predicted molar refractivity (Wildman–Crippen MR) is 77.9 cm³/mol. The van der Waals surface area contributed by atoms with Gasteiger partial charge in [-0.2, -0.15) is 0 Å². The number of hydrogen-bond donors (Lipinski definition) is 2. The number of carboxylic acid groups (broad SMARTS) is 1. The summed E-state index contributed by atoms with van der Waals surface area (Å²) in [5, 5.41) is 19.9. The van der Waals surface area contributed by atoms with Crippen molar-refractivity contribution in [2.75, 3.05) is 6.54 Å². The zero-order chi connectivity index (χ0) is 16.8. The molecule has 0 aliphatic carbocycles. The molecule has 2 unspecified atom stereocenters. The molecule has 1 heterocycles. The van der Waals surface area contributed by atoms with E-state index in [-0.39, 0.29) is 6.42 Å². The van der Waals surface area contributed by atoms with Crippen molar-refractivity contribution in [1.29, 1.82) is 0 Å². The third-order valence-electron chi connectivity index (χ3n) is 4.04. The summed E-state index contributed by atoms with van der Waals surface area (Å²) in [5.41, 5.74) is 2.38. The van der Waals surface area contributed by atoms with Crippen molar-refractivity contribution in [3.63, 3.8) is 0 Å². The molecular weight excluding hydrogens is 300 g/mol. The Morgan fingerprint density at radius 2 is 2.00 bits per heavy atom. The maximum Gasteiger partial charge on any atom is 0.244 e. The minimum atomic E-state index is -1.28. The lowest BCUT2D eigenvalue weighted by Crippen LogP contribution is -2.49. The third kappa shape index (κ3) is 4.29. The summed E-state index contributed by atoms with van der Waals surface area (Å²) in [5.74, 6) is -3.09. The average Bonchev–Trinajstić information content (AvgIpc) is 3.04. The number of likely N-dealkylation sites (tertiary alicyclic amines) is 1. The first-order chi connectivity index (χ1) is 11.0. The van der Waals surface area contributed by atoms with Crippen LogP contribution < -0.4 is 10.6 Å². The van der Waals surface area contributed by atoms with Crippen molar-refractivity contribution in [1.82, 2.24) is 10.4 Å². The molecule has 1 aromatic carbocycles. The number of carbonyl (C=O) groups is 3. The Kier molecular flexibility index (Phi) is 5.70.